The molecule has 0 aromatic carbocycles. The van der Waals surface area contributed by atoms with Gasteiger partial charge >= 0.3 is 0 Å². The first-order valence-electron chi connectivity index (χ1n) is 10.0. The minimum atomic E-state index is -0.480. The quantitative estimate of drug-likeness (QED) is 0.527. The van der Waals surface area contributed by atoms with E-state index in [0.717, 1.165) is 18.5 Å². The van der Waals surface area contributed by atoms with E-state index in [0.29, 0.717) is 19.4 Å². The number of aromatic nitrogens is 1. The van der Waals surface area contributed by atoms with Crippen molar-refractivity contribution in [3.63, 3.8) is 0 Å². The number of unbranched alkanes of at least 4 members (excludes halogenated alkanes) is 5. The van der Waals surface area contributed by atoms with Crippen molar-refractivity contribution in [2.24, 2.45) is 5.92 Å². The first-order valence-corrected chi connectivity index (χ1v) is 10.0. The smallest absolute Gasteiger partial charge is 0.242 e. The first kappa shape index (κ1) is 22.1. The van der Waals surface area contributed by atoms with Gasteiger partial charge in [-0.2, -0.15) is 0 Å². The van der Waals surface area contributed by atoms with E-state index >= 15 is 0 Å². The van der Waals surface area contributed by atoms with Crippen molar-refractivity contribution in [3.8, 4) is 0 Å². The Labute approximate surface area is 158 Å². The average Bonchev–Trinajstić information content (AvgIpc) is 2.63. The minimum absolute atomic E-state index is 0.0286. The van der Waals surface area contributed by atoms with E-state index in [1.54, 1.807) is 6.20 Å². The fraction of sp³-hybridized carbons (Fsp3) is 0.667. The maximum atomic E-state index is 12.4. The Balaban J connectivity index is 2.30. The van der Waals surface area contributed by atoms with Gasteiger partial charge in [-0.15, -0.1) is 0 Å². The predicted octanol–water partition coefficient (Wildman–Crippen LogP) is 3.63. The molecule has 5 heteroatoms. The molecular weight excluding hydrogens is 326 g/mol. The van der Waals surface area contributed by atoms with Gasteiger partial charge in [0.15, 0.2) is 0 Å². The molecule has 0 saturated heterocycles. The Bertz CT molecular complexity index is 517. The van der Waals surface area contributed by atoms with Crippen molar-refractivity contribution in [3.05, 3.63) is 30.1 Å². The molecule has 0 bridgehead atoms. The van der Waals surface area contributed by atoms with Gasteiger partial charge in [0, 0.05) is 31.3 Å². The zero-order chi connectivity index (χ0) is 19.2. The van der Waals surface area contributed by atoms with Gasteiger partial charge in [0.25, 0.3) is 0 Å². The third-order valence-electron chi connectivity index (χ3n) is 4.43. The van der Waals surface area contributed by atoms with E-state index in [1.807, 2.05) is 32.0 Å². The lowest BCUT2D eigenvalue weighted by molar-refractivity contribution is -0.130. The predicted molar refractivity (Wildman–Crippen MR) is 106 cm³/mol. The Morgan fingerprint density at radius 2 is 1.81 bits per heavy atom. The van der Waals surface area contributed by atoms with Crippen molar-refractivity contribution in [2.45, 2.75) is 78.2 Å². The number of rotatable bonds is 13. The molecule has 0 radical (unpaired) electrons. The van der Waals surface area contributed by atoms with Gasteiger partial charge in [0.2, 0.25) is 11.8 Å². The number of carbonyl (C=O) groups is 2. The van der Waals surface area contributed by atoms with Gasteiger partial charge in [-0.05, 0) is 24.5 Å². The highest BCUT2D eigenvalue weighted by atomic mass is 16.2. The standard InChI is InChI=1S/C21H35N3O2/c1-4-5-6-7-8-9-13-19(25)24-20(17(2)3)21(26)23-16-14-18-12-10-11-15-22-18/h10-12,15,17,20H,4-9,13-14,16H2,1-3H3,(H,23,26)(H,24,25). The molecule has 1 atom stereocenters. The Hall–Kier alpha value is -1.91. The molecule has 0 aliphatic carbocycles. The van der Waals surface area contributed by atoms with Gasteiger partial charge in [-0.1, -0.05) is 58.9 Å². The van der Waals surface area contributed by atoms with Gasteiger partial charge in [0.05, 0.1) is 0 Å². The topological polar surface area (TPSA) is 71.1 Å². The maximum Gasteiger partial charge on any atom is 0.242 e. The Morgan fingerprint density at radius 3 is 2.46 bits per heavy atom. The molecule has 1 aromatic heterocycles. The molecule has 0 fully saturated rings. The van der Waals surface area contributed by atoms with E-state index in [-0.39, 0.29) is 17.7 Å². The van der Waals surface area contributed by atoms with Crippen LogP contribution in [-0.4, -0.2) is 29.4 Å². The summed E-state index contributed by atoms with van der Waals surface area (Å²) in [5, 5.41) is 5.82. The summed E-state index contributed by atoms with van der Waals surface area (Å²) < 4.78 is 0. The molecule has 0 spiro atoms. The molecule has 26 heavy (non-hydrogen) atoms. The van der Waals surface area contributed by atoms with Crippen molar-refractivity contribution >= 4 is 11.8 Å². The van der Waals surface area contributed by atoms with Gasteiger partial charge in [0.1, 0.15) is 6.04 Å². The first-order chi connectivity index (χ1) is 12.5. The van der Waals surface area contributed by atoms with Gasteiger partial charge in [-0.3, -0.25) is 14.6 Å². The molecular formula is C21H35N3O2. The van der Waals surface area contributed by atoms with E-state index in [2.05, 4.69) is 22.5 Å². The second-order valence-corrected chi connectivity index (χ2v) is 7.17. The lowest BCUT2D eigenvalue weighted by Crippen LogP contribution is -2.50. The summed E-state index contributed by atoms with van der Waals surface area (Å²) in [6.07, 6.45) is 9.81. The highest BCUT2D eigenvalue weighted by molar-refractivity contribution is 5.87. The van der Waals surface area contributed by atoms with Crippen molar-refractivity contribution < 1.29 is 9.59 Å². The molecule has 1 unspecified atom stereocenters. The van der Waals surface area contributed by atoms with Gasteiger partial charge in [-0.25, -0.2) is 0 Å². The number of hydrogen-bond acceptors (Lipinski definition) is 3. The number of carbonyl (C=O) groups excluding carboxylic acids is 2. The van der Waals surface area contributed by atoms with E-state index in [9.17, 15) is 9.59 Å². The Morgan fingerprint density at radius 1 is 1.08 bits per heavy atom. The van der Waals surface area contributed by atoms with Crippen molar-refractivity contribution in [1.82, 2.24) is 15.6 Å². The van der Waals surface area contributed by atoms with E-state index in [4.69, 9.17) is 0 Å². The fourth-order valence-electron chi connectivity index (χ4n) is 2.82. The maximum absolute atomic E-state index is 12.4. The lowest BCUT2D eigenvalue weighted by atomic mass is 10.0. The van der Waals surface area contributed by atoms with Crippen LogP contribution < -0.4 is 10.6 Å². The van der Waals surface area contributed by atoms with Crippen LogP contribution in [0.3, 0.4) is 0 Å². The van der Waals surface area contributed by atoms with Gasteiger partial charge < -0.3 is 10.6 Å². The molecule has 1 aromatic rings. The third-order valence-corrected chi connectivity index (χ3v) is 4.43. The molecule has 0 saturated carbocycles. The Kier molecular flexibility index (Phi) is 11.3. The zero-order valence-electron chi connectivity index (χ0n) is 16.6. The molecule has 146 valence electrons. The summed E-state index contributed by atoms with van der Waals surface area (Å²) >= 11 is 0. The van der Waals surface area contributed by atoms with Crippen LogP contribution in [0.2, 0.25) is 0 Å². The third kappa shape index (κ3) is 9.54. The lowest BCUT2D eigenvalue weighted by Gasteiger charge is -2.21. The van der Waals surface area contributed by atoms with Crippen molar-refractivity contribution in [2.75, 3.05) is 6.54 Å². The van der Waals surface area contributed by atoms with Crippen LogP contribution in [0.1, 0.15) is 71.4 Å². The number of nitrogens with one attached hydrogen (secondary N) is 2. The second kappa shape index (κ2) is 13.3. The molecule has 2 N–H and O–H groups in total. The molecule has 2 amide bonds. The summed E-state index contributed by atoms with van der Waals surface area (Å²) in [5.74, 6) is -0.0929. The highest BCUT2D eigenvalue weighted by Crippen LogP contribution is 2.08. The number of hydrogen-bond donors (Lipinski definition) is 2. The van der Waals surface area contributed by atoms with Crippen molar-refractivity contribution in [1.29, 1.82) is 0 Å². The molecule has 0 aliphatic rings. The molecule has 0 aliphatic heterocycles. The summed E-state index contributed by atoms with van der Waals surface area (Å²) in [5.41, 5.74) is 0.945. The number of amides is 2. The normalized spacial score (nSPS) is 12.0. The summed E-state index contributed by atoms with van der Waals surface area (Å²) in [4.78, 5) is 28.8. The van der Waals surface area contributed by atoms with Crippen LogP contribution in [-0.2, 0) is 16.0 Å². The van der Waals surface area contributed by atoms with Crippen LogP contribution >= 0.6 is 0 Å². The van der Waals surface area contributed by atoms with E-state index in [1.165, 1.54) is 25.7 Å². The highest BCUT2D eigenvalue weighted by Gasteiger charge is 2.23. The summed E-state index contributed by atoms with van der Waals surface area (Å²) in [7, 11) is 0. The van der Waals surface area contributed by atoms with Crippen LogP contribution in [0.15, 0.2) is 24.4 Å². The average molecular weight is 362 g/mol. The summed E-state index contributed by atoms with van der Waals surface area (Å²) in [6, 6.07) is 5.26. The second-order valence-electron chi connectivity index (χ2n) is 7.17. The molecule has 5 nitrogen and oxygen atoms in total. The van der Waals surface area contributed by atoms with Crippen LogP contribution in [0.5, 0.6) is 0 Å². The summed E-state index contributed by atoms with van der Waals surface area (Å²) in [6.45, 7) is 6.62. The zero-order valence-corrected chi connectivity index (χ0v) is 16.6. The number of nitrogens with zero attached hydrogens (tertiary/aromatic N) is 1. The van der Waals surface area contributed by atoms with Crippen LogP contribution in [0.25, 0.3) is 0 Å². The molecule has 1 heterocycles. The largest absolute Gasteiger partial charge is 0.354 e. The van der Waals surface area contributed by atoms with E-state index < -0.39 is 6.04 Å². The van der Waals surface area contributed by atoms with Crippen LogP contribution in [0.4, 0.5) is 0 Å². The van der Waals surface area contributed by atoms with Crippen LogP contribution in [0, 0.1) is 5.92 Å². The SMILES string of the molecule is CCCCCCCCC(=O)NC(C(=O)NCCc1ccccn1)C(C)C. The fourth-order valence-corrected chi connectivity index (χ4v) is 2.82. The molecule has 1 rings (SSSR count). The monoisotopic (exact) mass is 361 g/mol. The minimum Gasteiger partial charge on any atom is -0.354 e. The number of pyridine rings is 1.